The molecule has 0 spiro atoms. The third-order valence-corrected chi connectivity index (χ3v) is 3.58. The van der Waals surface area contributed by atoms with Crippen molar-refractivity contribution in [3.8, 4) is 11.5 Å². The number of carbonyl (C=O) groups is 1. The number of hydrogen-bond acceptors (Lipinski definition) is 4. The lowest BCUT2D eigenvalue weighted by molar-refractivity contribution is -0.118. The number of hydrazone groups is 1. The molecule has 5 nitrogen and oxygen atoms in total. The van der Waals surface area contributed by atoms with Crippen LogP contribution in [0.4, 0.5) is 0 Å². The summed E-state index contributed by atoms with van der Waals surface area (Å²) in [7, 11) is 0. The maximum Gasteiger partial charge on any atom is 0.236 e. The van der Waals surface area contributed by atoms with E-state index in [0.717, 1.165) is 10.2 Å². The van der Waals surface area contributed by atoms with Crippen LogP contribution in [0.2, 0.25) is 5.02 Å². The zero-order chi connectivity index (χ0) is 17.4. The van der Waals surface area contributed by atoms with Crippen molar-refractivity contribution in [2.75, 3.05) is 13.2 Å². The van der Waals surface area contributed by atoms with Crippen LogP contribution in [-0.4, -0.2) is 25.3 Å². The first-order chi connectivity index (χ1) is 11.5. The van der Waals surface area contributed by atoms with Gasteiger partial charge in [-0.3, -0.25) is 4.79 Å². The van der Waals surface area contributed by atoms with Gasteiger partial charge in [0.15, 0.2) is 0 Å². The molecular formula is C17H16BrClN2O3. The molecule has 24 heavy (non-hydrogen) atoms. The van der Waals surface area contributed by atoms with Gasteiger partial charge < -0.3 is 9.47 Å². The lowest BCUT2D eigenvalue weighted by atomic mass is 10.2. The van der Waals surface area contributed by atoms with Gasteiger partial charge in [0.05, 0.1) is 6.21 Å². The van der Waals surface area contributed by atoms with Crippen molar-refractivity contribution in [2.45, 2.75) is 6.92 Å². The van der Waals surface area contributed by atoms with Gasteiger partial charge in [0.1, 0.15) is 24.7 Å². The summed E-state index contributed by atoms with van der Waals surface area (Å²) in [5.41, 5.74) is 3.00. The summed E-state index contributed by atoms with van der Waals surface area (Å²) in [6, 6.07) is 12.7. The van der Waals surface area contributed by atoms with Crippen LogP contribution in [0, 0.1) is 0 Å². The molecule has 0 aromatic heterocycles. The quantitative estimate of drug-likeness (QED) is 0.425. The average Bonchev–Trinajstić information content (AvgIpc) is 2.54. The second-order valence-corrected chi connectivity index (χ2v) is 6.11. The summed E-state index contributed by atoms with van der Waals surface area (Å²) in [6.45, 7) is 2.14. The Bertz CT molecular complexity index is 720. The molecule has 2 aromatic carbocycles. The Labute approximate surface area is 153 Å². The molecule has 0 radical (unpaired) electrons. The van der Waals surface area contributed by atoms with Crippen LogP contribution in [-0.2, 0) is 4.79 Å². The maximum absolute atomic E-state index is 10.9. The van der Waals surface area contributed by atoms with Gasteiger partial charge >= 0.3 is 0 Å². The van der Waals surface area contributed by atoms with E-state index in [9.17, 15) is 4.79 Å². The number of carbonyl (C=O) groups excluding carboxylic acids is 1. The van der Waals surface area contributed by atoms with Gasteiger partial charge in [0.2, 0.25) is 5.91 Å². The Morgan fingerprint density at radius 1 is 1.21 bits per heavy atom. The molecule has 2 rings (SSSR count). The van der Waals surface area contributed by atoms with Gasteiger partial charge in [-0.15, -0.1) is 0 Å². The van der Waals surface area contributed by atoms with Crippen LogP contribution in [0.25, 0.3) is 0 Å². The zero-order valence-electron chi connectivity index (χ0n) is 13.0. The Kier molecular flexibility index (Phi) is 7.08. The number of benzene rings is 2. The third-order valence-electron chi connectivity index (χ3n) is 2.82. The van der Waals surface area contributed by atoms with E-state index in [1.165, 1.54) is 13.1 Å². The fourth-order valence-corrected chi connectivity index (χ4v) is 2.23. The second kappa shape index (κ2) is 9.30. The van der Waals surface area contributed by atoms with Crippen LogP contribution in [0.1, 0.15) is 12.5 Å². The normalized spacial score (nSPS) is 10.6. The Balaban J connectivity index is 1.90. The minimum Gasteiger partial charge on any atom is -0.490 e. The van der Waals surface area contributed by atoms with E-state index in [1.807, 2.05) is 24.3 Å². The van der Waals surface area contributed by atoms with Crippen LogP contribution < -0.4 is 14.9 Å². The SMILES string of the molecule is CC(=O)NN=Cc1cc(Cl)ccc1OCCOc1ccc(Br)cc1. The van der Waals surface area contributed by atoms with Crippen molar-refractivity contribution >= 4 is 39.7 Å². The molecule has 0 heterocycles. The lowest BCUT2D eigenvalue weighted by Crippen LogP contribution is -2.13. The number of rotatable bonds is 7. The Morgan fingerprint density at radius 3 is 2.62 bits per heavy atom. The second-order valence-electron chi connectivity index (χ2n) is 4.76. The van der Waals surface area contributed by atoms with E-state index in [-0.39, 0.29) is 5.91 Å². The van der Waals surface area contributed by atoms with Crippen molar-refractivity contribution in [3.63, 3.8) is 0 Å². The Hall–Kier alpha value is -2.05. The van der Waals surface area contributed by atoms with E-state index in [2.05, 4.69) is 26.5 Å². The number of ether oxygens (including phenoxy) is 2. The summed E-state index contributed by atoms with van der Waals surface area (Å²) in [5, 5.41) is 4.38. The minimum atomic E-state index is -0.251. The molecule has 0 bridgehead atoms. The number of nitrogens with zero attached hydrogens (tertiary/aromatic N) is 1. The van der Waals surface area contributed by atoms with Gasteiger partial charge in [0.25, 0.3) is 0 Å². The smallest absolute Gasteiger partial charge is 0.236 e. The number of halogens is 2. The molecule has 126 valence electrons. The van der Waals surface area contributed by atoms with Gasteiger partial charge in [-0.2, -0.15) is 5.10 Å². The molecule has 0 aliphatic rings. The molecule has 0 aliphatic heterocycles. The highest BCUT2D eigenvalue weighted by Crippen LogP contribution is 2.21. The lowest BCUT2D eigenvalue weighted by Gasteiger charge is -2.10. The molecule has 1 N–H and O–H groups in total. The topological polar surface area (TPSA) is 59.9 Å². The minimum absolute atomic E-state index is 0.251. The van der Waals surface area contributed by atoms with Gasteiger partial charge in [-0.1, -0.05) is 27.5 Å². The first-order valence-corrected chi connectivity index (χ1v) is 8.32. The number of hydrogen-bond donors (Lipinski definition) is 1. The summed E-state index contributed by atoms with van der Waals surface area (Å²) in [4.78, 5) is 10.9. The third kappa shape index (κ3) is 6.22. The van der Waals surface area contributed by atoms with Crippen molar-refractivity contribution < 1.29 is 14.3 Å². The number of amides is 1. The van der Waals surface area contributed by atoms with E-state index in [1.54, 1.807) is 18.2 Å². The summed E-state index contributed by atoms with van der Waals surface area (Å²) in [5.74, 6) is 1.12. The highest BCUT2D eigenvalue weighted by atomic mass is 79.9. The highest BCUT2D eigenvalue weighted by Gasteiger charge is 2.04. The molecule has 0 atom stereocenters. The zero-order valence-corrected chi connectivity index (χ0v) is 15.3. The average molecular weight is 412 g/mol. The van der Waals surface area contributed by atoms with Crippen molar-refractivity contribution in [2.24, 2.45) is 5.10 Å². The van der Waals surface area contributed by atoms with Crippen LogP contribution in [0.3, 0.4) is 0 Å². The monoisotopic (exact) mass is 410 g/mol. The molecular weight excluding hydrogens is 396 g/mol. The summed E-state index contributed by atoms with van der Waals surface area (Å²) >= 11 is 9.35. The van der Waals surface area contributed by atoms with E-state index in [4.69, 9.17) is 21.1 Å². The number of nitrogens with one attached hydrogen (secondary N) is 1. The molecule has 7 heteroatoms. The highest BCUT2D eigenvalue weighted by molar-refractivity contribution is 9.10. The molecule has 0 fully saturated rings. The van der Waals surface area contributed by atoms with Crippen LogP contribution in [0.15, 0.2) is 52.0 Å². The molecule has 0 saturated heterocycles. The van der Waals surface area contributed by atoms with Crippen LogP contribution >= 0.6 is 27.5 Å². The largest absolute Gasteiger partial charge is 0.490 e. The molecule has 1 amide bonds. The summed E-state index contributed by atoms with van der Waals surface area (Å²) in [6.07, 6.45) is 1.48. The molecule has 0 aliphatic carbocycles. The molecule has 0 saturated carbocycles. The fraction of sp³-hybridized carbons (Fsp3) is 0.176. The van der Waals surface area contributed by atoms with Gasteiger partial charge in [-0.25, -0.2) is 5.43 Å². The summed E-state index contributed by atoms with van der Waals surface area (Å²) < 4.78 is 12.3. The predicted molar refractivity (Wildman–Crippen MR) is 98.0 cm³/mol. The first kappa shape index (κ1) is 18.3. The van der Waals surface area contributed by atoms with Gasteiger partial charge in [-0.05, 0) is 42.5 Å². The van der Waals surface area contributed by atoms with E-state index in [0.29, 0.717) is 29.5 Å². The Morgan fingerprint density at radius 2 is 1.92 bits per heavy atom. The van der Waals surface area contributed by atoms with Crippen molar-refractivity contribution in [1.82, 2.24) is 5.43 Å². The first-order valence-electron chi connectivity index (χ1n) is 7.15. The molecule has 0 unspecified atom stereocenters. The fourth-order valence-electron chi connectivity index (χ4n) is 1.79. The van der Waals surface area contributed by atoms with E-state index < -0.39 is 0 Å². The van der Waals surface area contributed by atoms with Crippen molar-refractivity contribution in [3.05, 3.63) is 57.5 Å². The predicted octanol–water partition coefficient (Wildman–Crippen LogP) is 4.03. The van der Waals surface area contributed by atoms with Gasteiger partial charge in [0, 0.05) is 22.0 Å². The van der Waals surface area contributed by atoms with Crippen LogP contribution in [0.5, 0.6) is 11.5 Å². The van der Waals surface area contributed by atoms with Crippen molar-refractivity contribution in [1.29, 1.82) is 0 Å². The van der Waals surface area contributed by atoms with E-state index >= 15 is 0 Å². The standard InChI is InChI=1S/C17H16BrClN2O3/c1-12(22)21-20-11-13-10-15(19)4-7-17(13)24-9-8-23-16-5-2-14(18)3-6-16/h2-7,10-11H,8-9H2,1H3,(H,21,22). The molecule has 2 aromatic rings. The maximum atomic E-state index is 10.9.